The molecule has 0 bridgehead atoms. The van der Waals surface area contributed by atoms with Crippen molar-refractivity contribution in [2.75, 3.05) is 11.1 Å². The first-order valence-electron chi connectivity index (χ1n) is 7.65. The quantitative estimate of drug-likeness (QED) is 0.523. The first-order chi connectivity index (χ1) is 12.2. The van der Waals surface area contributed by atoms with Crippen LogP contribution in [-0.4, -0.2) is 36.8 Å². The van der Waals surface area contributed by atoms with Crippen molar-refractivity contribution in [3.8, 4) is 0 Å². The van der Waals surface area contributed by atoms with Gasteiger partial charge < -0.3 is 10.3 Å². The van der Waals surface area contributed by atoms with E-state index in [9.17, 15) is 4.79 Å². The third-order valence-electron chi connectivity index (χ3n) is 3.53. The Bertz CT molecular complexity index is 1060. The van der Waals surface area contributed by atoms with E-state index in [0.29, 0.717) is 28.1 Å². The van der Waals surface area contributed by atoms with E-state index in [1.807, 2.05) is 36.6 Å². The summed E-state index contributed by atoms with van der Waals surface area (Å²) in [4.78, 5) is 23.9. The molecule has 3 heterocycles. The molecule has 9 heteroatoms. The molecule has 1 amide bonds. The van der Waals surface area contributed by atoms with Gasteiger partial charge in [0.1, 0.15) is 5.52 Å². The first kappa shape index (κ1) is 16.0. The average Bonchev–Trinajstić information content (AvgIpc) is 3.17. The Morgan fingerprint density at radius 3 is 3.00 bits per heavy atom. The van der Waals surface area contributed by atoms with Crippen LogP contribution in [0, 0.1) is 6.92 Å². The number of nitrogens with zero attached hydrogens (tertiary/aromatic N) is 4. The fourth-order valence-electron chi connectivity index (χ4n) is 2.40. The van der Waals surface area contributed by atoms with Crippen molar-refractivity contribution in [2.45, 2.75) is 18.5 Å². The number of benzene rings is 1. The molecule has 0 fully saturated rings. The van der Waals surface area contributed by atoms with Crippen LogP contribution in [0.3, 0.4) is 0 Å². The summed E-state index contributed by atoms with van der Waals surface area (Å²) in [6, 6.07) is 7.89. The maximum absolute atomic E-state index is 11.9. The Morgan fingerprint density at radius 2 is 2.16 bits per heavy atom. The fraction of sp³-hybridized carbons (Fsp3) is 0.188. The highest BCUT2D eigenvalue weighted by Gasteiger charge is 2.10. The van der Waals surface area contributed by atoms with Gasteiger partial charge in [-0.3, -0.25) is 4.79 Å². The van der Waals surface area contributed by atoms with Crippen LogP contribution >= 0.6 is 23.1 Å². The molecule has 4 rings (SSSR count). The molecule has 3 aromatic heterocycles. The Hall–Kier alpha value is -2.52. The Morgan fingerprint density at radius 1 is 1.28 bits per heavy atom. The number of rotatable bonds is 5. The van der Waals surface area contributed by atoms with Crippen molar-refractivity contribution in [2.24, 2.45) is 0 Å². The summed E-state index contributed by atoms with van der Waals surface area (Å²) >= 11 is 2.83. The number of para-hydroxylation sites is 1. The minimum atomic E-state index is -0.0681. The number of H-pyrrole nitrogens is 1. The Balaban J connectivity index is 1.39. The molecule has 0 aliphatic rings. The number of hydrogen-bond acceptors (Lipinski definition) is 7. The van der Waals surface area contributed by atoms with Crippen molar-refractivity contribution >= 4 is 56.2 Å². The molecule has 2 N–H and O–H groups in total. The zero-order valence-electron chi connectivity index (χ0n) is 13.3. The van der Waals surface area contributed by atoms with Gasteiger partial charge in [-0.2, -0.15) is 0 Å². The zero-order valence-corrected chi connectivity index (χ0v) is 14.9. The molecular formula is C16H14N6OS2. The largest absolute Gasteiger partial charge is 0.338 e. The summed E-state index contributed by atoms with van der Waals surface area (Å²) in [7, 11) is 0. The number of hydrogen-bond donors (Lipinski definition) is 2. The summed E-state index contributed by atoms with van der Waals surface area (Å²) in [5.74, 6) is 0.505. The summed E-state index contributed by atoms with van der Waals surface area (Å²) < 4.78 is 0. The molecule has 0 aliphatic heterocycles. The Labute approximate surface area is 151 Å². The number of anilines is 1. The number of carbonyl (C=O) groups is 1. The van der Waals surface area contributed by atoms with Crippen molar-refractivity contribution in [3.63, 3.8) is 0 Å². The van der Waals surface area contributed by atoms with Gasteiger partial charge in [0.05, 0.1) is 5.69 Å². The molecule has 0 saturated heterocycles. The van der Waals surface area contributed by atoms with Crippen molar-refractivity contribution < 1.29 is 4.79 Å². The number of carbonyl (C=O) groups excluding carboxylic acids is 1. The van der Waals surface area contributed by atoms with Crippen molar-refractivity contribution in [3.05, 3.63) is 35.3 Å². The number of aryl methyl sites for hydroxylation is 1. The topological polar surface area (TPSA) is 96.5 Å². The molecule has 0 spiro atoms. The second kappa shape index (κ2) is 6.77. The molecule has 25 heavy (non-hydrogen) atoms. The number of nitrogens with one attached hydrogen (secondary N) is 2. The first-order valence-corrected chi connectivity index (χ1v) is 9.51. The van der Waals surface area contributed by atoms with E-state index in [4.69, 9.17) is 0 Å². The summed E-state index contributed by atoms with van der Waals surface area (Å²) in [5.41, 5.74) is 3.36. The average molecular weight is 370 g/mol. The summed E-state index contributed by atoms with van der Waals surface area (Å²) in [5, 5.41) is 15.3. The molecule has 0 atom stereocenters. The van der Waals surface area contributed by atoms with Crippen molar-refractivity contribution in [1.82, 2.24) is 25.1 Å². The lowest BCUT2D eigenvalue weighted by Gasteiger charge is -2.01. The monoisotopic (exact) mass is 370 g/mol. The summed E-state index contributed by atoms with van der Waals surface area (Å²) in [6.07, 6.45) is 0.359. The van der Waals surface area contributed by atoms with E-state index in [2.05, 4.69) is 30.5 Å². The Kier molecular flexibility index (Phi) is 4.33. The highest BCUT2D eigenvalue weighted by Crippen LogP contribution is 2.23. The van der Waals surface area contributed by atoms with Gasteiger partial charge in [0.25, 0.3) is 0 Å². The van der Waals surface area contributed by atoms with Gasteiger partial charge in [-0.15, -0.1) is 21.5 Å². The van der Waals surface area contributed by atoms with E-state index < -0.39 is 0 Å². The smallest absolute Gasteiger partial charge is 0.226 e. The molecular weight excluding hydrogens is 356 g/mol. The molecule has 0 saturated carbocycles. The van der Waals surface area contributed by atoms with E-state index in [1.54, 1.807) is 0 Å². The van der Waals surface area contributed by atoms with Crippen LogP contribution in [0.4, 0.5) is 5.13 Å². The lowest BCUT2D eigenvalue weighted by Crippen LogP contribution is -2.12. The highest BCUT2D eigenvalue weighted by atomic mass is 32.2. The number of thioether (sulfide) groups is 1. The van der Waals surface area contributed by atoms with E-state index in [-0.39, 0.29) is 5.91 Å². The van der Waals surface area contributed by atoms with Crippen LogP contribution in [0.15, 0.2) is 34.8 Å². The molecule has 0 radical (unpaired) electrons. The zero-order chi connectivity index (χ0) is 17.2. The van der Waals surface area contributed by atoms with Crippen LogP contribution in [-0.2, 0) is 4.79 Å². The maximum atomic E-state index is 11.9. The normalized spacial score (nSPS) is 11.2. The second-order valence-electron chi connectivity index (χ2n) is 5.40. The van der Waals surface area contributed by atoms with Crippen LogP contribution in [0.5, 0.6) is 0 Å². The van der Waals surface area contributed by atoms with Crippen LogP contribution in [0.1, 0.15) is 12.1 Å². The number of aromatic amines is 1. The molecule has 7 nitrogen and oxygen atoms in total. The van der Waals surface area contributed by atoms with Crippen LogP contribution in [0.25, 0.3) is 22.1 Å². The van der Waals surface area contributed by atoms with Gasteiger partial charge in [0, 0.05) is 28.5 Å². The standard InChI is InChI=1S/C16H14N6OS2/c1-9-8-25-15(17-9)19-12(23)6-7-24-16-20-14-13(21-22-16)10-4-2-3-5-11(10)18-14/h2-5,8H,6-7H2,1H3,(H,17,19,23)(H,18,20,22). The van der Waals surface area contributed by atoms with Gasteiger partial charge >= 0.3 is 0 Å². The van der Waals surface area contributed by atoms with Gasteiger partial charge in [-0.1, -0.05) is 30.0 Å². The number of amides is 1. The van der Waals surface area contributed by atoms with Gasteiger partial charge in [-0.25, -0.2) is 9.97 Å². The minimum absolute atomic E-state index is 0.0681. The predicted molar refractivity (Wildman–Crippen MR) is 100 cm³/mol. The molecule has 1 aromatic carbocycles. The predicted octanol–water partition coefficient (Wildman–Crippen LogP) is 3.39. The van der Waals surface area contributed by atoms with Gasteiger partial charge in [-0.05, 0) is 13.0 Å². The number of aromatic nitrogens is 5. The van der Waals surface area contributed by atoms with Gasteiger partial charge in [0.15, 0.2) is 10.8 Å². The van der Waals surface area contributed by atoms with Crippen LogP contribution < -0.4 is 5.32 Å². The van der Waals surface area contributed by atoms with E-state index >= 15 is 0 Å². The SMILES string of the molecule is Cc1csc(NC(=O)CCSc2nnc3c(n2)[nH]c2ccccc23)n1. The van der Waals surface area contributed by atoms with E-state index in [1.165, 1.54) is 23.1 Å². The second-order valence-corrected chi connectivity index (χ2v) is 7.32. The molecule has 0 unspecified atom stereocenters. The van der Waals surface area contributed by atoms with Crippen molar-refractivity contribution in [1.29, 1.82) is 0 Å². The third kappa shape index (κ3) is 3.47. The summed E-state index contributed by atoms with van der Waals surface area (Å²) in [6.45, 7) is 1.90. The highest BCUT2D eigenvalue weighted by molar-refractivity contribution is 7.99. The number of thiazole rings is 1. The molecule has 0 aliphatic carbocycles. The lowest BCUT2D eigenvalue weighted by atomic mass is 10.2. The maximum Gasteiger partial charge on any atom is 0.226 e. The molecule has 4 aromatic rings. The molecule has 126 valence electrons. The van der Waals surface area contributed by atoms with E-state index in [0.717, 1.165) is 22.1 Å². The number of fused-ring (bicyclic) bond motifs is 3. The third-order valence-corrected chi connectivity index (χ3v) is 5.24. The minimum Gasteiger partial charge on any atom is -0.338 e. The lowest BCUT2D eigenvalue weighted by molar-refractivity contribution is -0.115. The van der Waals surface area contributed by atoms with Crippen LogP contribution in [0.2, 0.25) is 0 Å². The fourth-order valence-corrected chi connectivity index (χ4v) is 3.82. The van der Waals surface area contributed by atoms with Gasteiger partial charge in [0.2, 0.25) is 11.1 Å².